The molecule has 0 unspecified atom stereocenters. The lowest BCUT2D eigenvalue weighted by Crippen LogP contribution is -1.94. The van der Waals surface area contributed by atoms with Gasteiger partial charge < -0.3 is 5.73 Å². The summed E-state index contributed by atoms with van der Waals surface area (Å²) in [5.74, 6) is -1.40. The standard InChI is InChI=1S/C11H9F2N3S/c1-6-2-10(16-15-5-6)17-11-8(12)3-7(14)4-9(11)13/h2-5H,14H2,1H3. The van der Waals surface area contributed by atoms with Gasteiger partial charge in [0.05, 0.1) is 11.1 Å². The van der Waals surface area contributed by atoms with Crippen LogP contribution in [-0.2, 0) is 0 Å². The zero-order valence-electron chi connectivity index (χ0n) is 8.95. The van der Waals surface area contributed by atoms with Crippen LogP contribution >= 0.6 is 11.8 Å². The van der Waals surface area contributed by atoms with E-state index in [-0.39, 0.29) is 10.6 Å². The van der Waals surface area contributed by atoms with Gasteiger partial charge in [0.1, 0.15) is 16.7 Å². The average molecular weight is 253 g/mol. The molecule has 1 aromatic heterocycles. The maximum Gasteiger partial charge on any atom is 0.142 e. The van der Waals surface area contributed by atoms with Crippen LogP contribution in [0.2, 0.25) is 0 Å². The summed E-state index contributed by atoms with van der Waals surface area (Å²) in [7, 11) is 0. The summed E-state index contributed by atoms with van der Waals surface area (Å²) in [5, 5.41) is 7.94. The van der Waals surface area contributed by atoms with E-state index in [4.69, 9.17) is 5.73 Å². The van der Waals surface area contributed by atoms with E-state index in [1.165, 1.54) is 0 Å². The zero-order chi connectivity index (χ0) is 12.4. The lowest BCUT2D eigenvalue weighted by molar-refractivity contribution is 0.541. The Labute approximate surface area is 101 Å². The first-order valence-corrected chi connectivity index (χ1v) is 5.59. The lowest BCUT2D eigenvalue weighted by Gasteiger charge is -2.05. The van der Waals surface area contributed by atoms with Crippen LogP contribution in [0.1, 0.15) is 5.56 Å². The molecule has 2 aromatic rings. The molecule has 0 aliphatic heterocycles. The van der Waals surface area contributed by atoms with Crippen LogP contribution in [0.15, 0.2) is 34.3 Å². The number of halogens is 2. The predicted molar refractivity (Wildman–Crippen MR) is 61.7 cm³/mol. The minimum absolute atomic E-state index is 0.0553. The van der Waals surface area contributed by atoms with Crippen molar-refractivity contribution in [3.63, 3.8) is 0 Å². The van der Waals surface area contributed by atoms with Crippen LogP contribution < -0.4 is 5.73 Å². The highest BCUT2D eigenvalue weighted by atomic mass is 32.2. The highest BCUT2D eigenvalue weighted by Gasteiger charge is 2.12. The van der Waals surface area contributed by atoms with Gasteiger partial charge in [-0.05, 0) is 30.7 Å². The number of nitrogens with two attached hydrogens (primary N) is 1. The van der Waals surface area contributed by atoms with Crippen LogP contribution in [0.25, 0.3) is 0 Å². The van der Waals surface area contributed by atoms with Gasteiger partial charge in [-0.1, -0.05) is 11.8 Å². The number of nitrogen functional groups attached to an aromatic ring is 1. The van der Waals surface area contributed by atoms with Crippen molar-refractivity contribution in [3.8, 4) is 0 Å². The van der Waals surface area contributed by atoms with Gasteiger partial charge in [-0.3, -0.25) is 0 Å². The lowest BCUT2D eigenvalue weighted by atomic mass is 10.3. The zero-order valence-corrected chi connectivity index (χ0v) is 9.76. The molecule has 0 bridgehead atoms. The molecule has 1 aromatic carbocycles. The van der Waals surface area contributed by atoms with E-state index in [2.05, 4.69) is 10.2 Å². The second kappa shape index (κ2) is 4.67. The third-order valence-electron chi connectivity index (χ3n) is 2.00. The monoisotopic (exact) mass is 253 g/mol. The summed E-state index contributed by atoms with van der Waals surface area (Å²) in [6.45, 7) is 1.83. The molecule has 0 saturated heterocycles. The second-order valence-corrected chi connectivity index (χ2v) is 4.52. The van der Waals surface area contributed by atoms with Crippen molar-refractivity contribution in [2.75, 3.05) is 5.73 Å². The SMILES string of the molecule is Cc1cnnc(Sc2c(F)cc(N)cc2F)c1. The molecular formula is C11H9F2N3S. The van der Waals surface area contributed by atoms with Crippen molar-refractivity contribution in [2.24, 2.45) is 0 Å². The number of aryl methyl sites for hydroxylation is 1. The van der Waals surface area contributed by atoms with Gasteiger partial charge in [-0.15, -0.1) is 5.10 Å². The van der Waals surface area contributed by atoms with Crippen LogP contribution in [-0.4, -0.2) is 10.2 Å². The first-order valence-electron chi connectivity index (χ1n) is 4.78. The molecule has 0 amide bonds. The number of anilines is 1. The topological polar surface area (TPSA) is 51.8 Å². The van der Waals surface area contributed by atoms with E-state index in [9.17, 15) is 8.78 Å². The maximum atomic E-state index is 13.5. The molecule has 0 aliphatic carbocycles. The minimum atomic E-state index is -0.698. The highest BCUT2D eigenvalue weighted by Crippen LogP contribution is 2.31. The molecule has 3 nitrogen and oxygen atoms in total. The summed E-state index contributed by atoms with van der Waals surface area (Å²) in [6, 6.07) is 3.86. The summed E-state index contributed by atoms with van der Waals surface area (Å²) in [5.41, 5.74) is 6.26. The molecule has 6 heteroatoms. The minimum Gasteiger partial charge on any atom is -0.399 e. The van der Waals surface area contributed by atoms with Crippen molar-refractivity contribution in [2.45, 2.75) is 16.8 Å². The van der Waals surface area contributed by atoms with E-state index in [0.717, 1.165) is 29.5 Å². The number of nitrogens with zero attached hydrogens (tertiary/aromatic N) is 2. The molecule has 0 aliphatic rings. The van der Waals surface area contributed by atoms with E-state index in [0.29, 0.717) is 5.03 Å². The van der Waals surface area contributed by atoms with Crippen molar-refractivity contribution >= 4 is 17.4 Å². The quantitative estimate of drug-likeness (QED) is 0.836. The Kier molecular flexibility index (Phi) is 3.23. The van der Waals surface area contributed by atoms with Crippen LogP contribution in [0, 0.1) is 18.6 Å². The Bertz CT molecular complexity index is 537. The molecule has 88 valence electrons. The fourth-order valence-corrected chi connectivity index (χ4v) is 2.12. The molecule has 2 N–H and O–H groups in total. The van der Waals surface area contributed by atoms with Crippen molar-refractivity contribution in [1.82, 2.24) is 10.2 Å². The van der Waals surface area contributed by atoms with Gasteiger partial charge in [0.25, 0.3) is 0 Å². The molecule has 0 atom stereocenters. The fourth-order valence-electron chi connectivity index (χ4n) is 1.27. The van der Waals surface area contributed by atoms with Gasteiger partial charge in [0.2, 0.25) is 0 Å². The van der Waals surface area contributed by atoms with E-state index in [1.54, 1.807) is 12.3 Å². The Morgan fingerprint density at radius 1 is 1.18 bits per heavy atom. The summed E-state index contributed by atoms with van der Waals surface area (Å²) in [4.78, 5) is -0.126. The van der Waals surface area contributed by atoms with Crippen molar-refractivity contribution in [1.29, 1.82) is 0 Å². The Hall–Kier alpha value is -1.69. The number of aromatic nitrogens is 2. The molecule has 2 rings (SSSR count). The normalized spacial score (nSPS) is 10.5. The molecule has 0 radical (unpaired) electrons. The number of hydrogen-bond acceptors (Lipinski definition) is 4. The van der Waals surface area contributed by atoms with Gasteiger partial charge in [0.15, 0.2) is 0 Å². The second-order valence-electron chi connectivity index (χ2n) is 3.49. The Morgan fingerprint density at radius 2 is 1.82 bits per heavy atom. The van der Waals surface area contributed by atoms with Gasteiger partial charge in [-0.2, -0.15) is 5.10 Å². The largest absolute Gasteiger partial charge is 0.399 e. The summed E-state index contributed by atoms with van der Waals surface area (Å²) in [6.07, 6.45) is 1.57. The number of hydrogen-bond donors (Lipinski definition) is 1. The van der Waals surface area contributed by atoms with E-state index in [1.807, 2.05) is 6.92 Å². The van der Waals surface area contributed by atoms with Crippen LogP contribution in [0.5, 0.6) is 0 Å². The molecular weight excluding hydrogens is 244 g/mol. The first-order chi connectivity index (χ1) is 8.06. The summed E-state index contributed by atoms with van der Waals surface area (Å²) < 4.78 is 27.0. The average Bonchev–Trinajstić information content (AvgIpc) is 2.23. The highest BCUT2D eigenvalue weighted by molar-refractivity contribution is 7.99. The van der Waals surface area contributed by atoms with Crippen molar-refractivity contribution in [3.05, 3.63) is 41.6 Å². The molecule has 0 spiro atoms. The Balaban J connectivity index is 2.36. The van der Waals surface area contributed by atoms with Crippen molar-refractivity contribution < 1.29 is 8.78 Å². The Morgan fingerprint density at radius 3 is 2.41 bits per heavy atom. The fraction of sp³-hybridized carbons (Fsp3) is 0.0909. The first kappa shape index (κ1) is 11.8. The molecule has 1 heterocycles. The third-order valence-corrected chi connectivity index (χ3v) is 3.00. The third kappa shape index (κ3) is 2.71. The maximum absolute atomic E-state index is 13.5. The number of rotatable bonds is 2. The smallest absolute Gasteiger partial charge is 0.142 e. The van der Waals surface area contributed by atoms with Crippen LogP contribution in [0.4, 0.5) is 14.5 Å². The predicted octanol–water partition coefficient (Wildman–Crippen LogP) is 2.80. The number of benzene rings is 1. The summed E-state index contributed by atoms with van der Waals surface area (Å²) >= 11 is 0.885. The molecule has 0 saturated carbocycles. The van der Waals surface area contributed by atoms with Gasteiger partial charge in [0, 0.05) is 5.69 Å². The molecule has 0 fully saturated rings. The van der Waals surface area contributed by atoms with Gasteiger partial charge >= 0.3 is 0 Å². The van der Waals surface area contributed by atoms with E-state index < -0.39 is 11.6 Å². The van der Waals surface area contributed by atoms with E-state index >= 15 is 0 Å². The van der Waals surface area contributed by atoms with Crippen LogP contribution in [0.3, 0.4) is 0 Å². The molecule has 17 heavy (non-hydrogen) atoms. The van der Waals surface area contributed by atoms with Gasteiger partial charge in [-0.25, -0.2) is 8.78 Å².